The Morgan fingerprint density at radius 1 is 1.12 bits per heavy atom. The number of carbonyl (C=O) groups is 2. The highest BCUT2D eigenvalue weighted by Gasteiger charge is 2.34. The second kappa shape index (κ2) is 6.85. The van der Waals surface area contributed by atoms with Gasteiger partial charge in [0.2, 0.25) is 11.8 Å². The molecule has 7 heteroatoms. The molecule has 1 N–H and O–H groups in total. The zero-order chi connectivity index (χ0) is 18.3. The van der Waals surface area contributed by atoms with Gasteiger partial charge in [-0.1, -0.05) is 0 Å². The molecule has 1 aliphatic heterocycles. The molecule has 0 bridgehead atoms. The molecule has 4 rings (SSSR count). The Labute approximate surface area is 152 Å². The first-order chi connectivity index (χ1) is 12.5. The van der Waals surface area contributed by atoms with Crippen LogP contribution in [0.3, 0.4) is 0 Å². The second-order valence-corrected chi connectivity index (χ2v) is 8.00. The molecular formula is C19H26N4O3. The van der Waals surface area contributed by atoms with Crippen LogP contribution in [0.1, 0.15) is 62.6 Å². The van der Waals surface area contributed by atoms with Crippen LogP contribution < -0.4 is 10.9 Å². The molecular weight excluding hydrogens is 332 g/mol. The van der Waals surface area contributed by atoms with E-state index in [0.29, 0.717) is 18.9 Å². The SMILES string of the molecule is CN1CC(C(=O)NC2CCC(n3nc(C4CC4)ccc3=O)CC2)CC1=O. The predicted molar refractivity (Wildman–Crippen MR) is 95.7 cm³/mol. The second-order valence-electron chi connectivity index (χ2n) is 8.00. The normalized spacial score (nSPS) is 29.0. The number of amides is 2. The van der Waals surface area contributed by atoms with Crippen molar-refractivity contribution in [3.8, 4) is 0 Å². The van der Waals surface area contributed by atoms with E-state index in [0.717, 1.165) is 31.4 Å². The summed E-state index contributed by atoms with van der Waals surface area (Å²) in [6.45, 7) is 0.507. The van der Waals surface area contributed by atoms with E-state index in [-0.39, 0.29) is 35.4 Å². The zero-order valence-corrected chi connectivity index (χ0v) is 15.2. The standard InChI is InChI=1S/C19H26N4O3/c1-22-11-13(10-18(22)25)19(26)20-14-4-6-15(7-5-14)23-17(24)9-8-16(21-23)12-2-3-12/h8-9,12-15H,2-7,10-11H2,1H3,(H,20,26). The Balaban J connectivity index is 1.33. The molecule has 1 aromatic heterocycles. The number of hydrogen-bond acceptors (Lipinski definition) is 4. The summed E-state index contributed by atoms with van der Waals surface area (Å²) in [5, 5.41) is 7.70. The third-order valence-electron chi connectivity index (χ3n) is 5.94. The van der Waals surface area contributed by atoms with Gasteiger partial charge in [-0.05, 0) is 44.6 Å². The van der Waals surface area contributed by atoms with Gasteiger partial charge in [0.05, 0.1) is 17.7 Å². The molecule has 1 unspecified atom stereocenters. The summed E-state index contributed by atoms with van der Waals surface area (Å²) in [6.07, 6.45) is 6.02. The Morgan fingerprint density at radius 2 is 1.85 bits per heavy atom. The fourth-order valence-electron chi connectivity index (χ4n) is 4.12. The molecule has 0 radical (unpaired) electrons. The highest BCUT2D eigenvalue weighted by atomic mass is 16.2. The van der Waals surface area contributed by atoms with Gasteiger partial charge >= 0.3 is 0 Å². The monoisotopic (exact) mass is 358 g/mol. The average molecular weight is 358 g/mol. The van der Waals surface area contributed by atoms with Crippen LogP contribution in [0.5, 0.6) is 0 Å². The summed E-state index contributed by atoms with van der Waals surface area (Å²) in [6, 6.07) is 3.75. The van der Waals surface area contributed by atoms with Gasteiger partial charge < -0.3 is 10.2 Å². The molecule has 7 nitrogen and oxygen atoms in total. The van der Waals surface area contributed by atoms with Crippen molar-refractivity contribution in [2.24, 2.45) is 5.92 Å². The number of likely N-dealkylation sites (tertiary alicyclic amines) is 1. The maximum atomic E-state index is 12.4. The summed E-state index contributed by atoms with van der Waals surface area (Å²) < 4.78 is 1.66. The van der Waals surface area contributed by atoms with E-state index in [1.807, 2.05) is 6.07 Å². The van der Waals surface area contributed by atoms with E-state index in [4.69, 9.17) is 0 Å². The van der Waals surface area contributed by atoms with Gasteiger partial charge in [0, 0.05) is 38.0 Å². The molecule has 3 aliphatic rings. The highest BCUT2D eigenvalue weighted by molar-refractivity contribution is 5.89. The van der Waals surface area contributed by atoms with Crippen molar-refractivity contribution < 1.29 is 9.59 Å². The van der Waals surface area contributed by atoms with Crippen LogP contribution in [-0.2, 0) is 9.59 Å². The molecule has 3 fully saturated rings. The summed E-state index contributed by atoms with van der Waals surface area (Å²) in [7, 11) is 1.74. The fourth-order valence-corrected chi connectivity index (χ4v) is 4.12. The van der Waals surface area contributed by atoms with E-state index in [1.54, 1.807) is 22.7 Å². The quantitative estimate of drug-likeness (QED) is 0.876. The van der Waals surface area contributed by atoms with Crippen LogP contribution in [0.15, 0.2) is 16.9 Å². The Bertz CT molecular complexity index is 762. The lowest BCUT2D eigenvalue weighted by Gasteiger charge is -2.30. The molecule has 1 saturated heterocycles. The van der Waals surface area contributed by atoms with Crippen molar-refractivity contribution >= 4 is 11.8 Å². The minimum Gasteiger partial charge on any atom is -0.353 e. The minimum atomic E-state index is -0.232. The smallest absolute Gasteiger partial charge is 0.267 e. The first kappa shape index (κ1) is 17.2. The molecule has 0 aromatic carbocycles. The summed E-state index contributed by atoms with van der Waals surface area (Å²) in [5.41, 5.74) is 1.00. The lowest BCUT2D eigenvalue weighted by Crippen LogP contribution is -2.42. The largest absolute Gasteiger partial charge is 0.353 e. The first-order valence-corrected chi connectivity index (χ1v) is 9.65. The van der Waals surface area contributed by atoms with E-state index < -0.39 is 0 Å². The van der Waals surface area contributed by atoms with Gasteiger partial charge in [-0.15, -0.1) is 0 Å². The Hall–Kier alpha value is -2.18. The number of rotatable bonds is 4. The van der Waals surface area contributed by atoms with E-state index in [2.05, 4.69) is 10.4 Å². The molecule has 2 saturated carbocycles. The maximum absolute atomic E-state index is 12.4. The summed E-state index contributed by atoms with van der Waals surface area (Å²) >= 11 is 0. The predicted octanol–water partition coefficient (Wildman–Crippen LogP) is 1.20. The lowest BCUT2D eigenvalue weighted by molar-refractivity contribution is -0.128. The summed E-state index contributed by atoms with van der Waals surface area (Å²) in [4.78, 5) is 37.8. The van der Waals surface area contributed by atoms with E-state index in [1.165, 1.54) is 12.8 Å². The van der Waals surface area contributed by atoms with Gasteiger partial charge in [-0.3, -0.25) is 14.4 Å². The first-order valence-electron chi connectivity index (χ1n) is 9.65. The van der Waals surface area contributed by atoms with E-state index in [9.17, 15) is 14.4 Å². The van der Waals surface area contributed by atoms with Crippen LogP contribution in [0.25, 0.3) is 0 Å². The van der Waals surface area contributed by atoms with Crippen LogP contribution in [-0.4, -0.2) is 46.1 Å². The summed E-state index contributed by atoms with van der Waals surface area (Å²) in [5.74, 6) is 0.321. The van der Waals surface area contributed by atoms with Crippen molar-refractivity contribution in [1.29, 1.82) is 0 Å². The molecule has 1 atom stereocenters. The third kappa shape index (κ3) is 3.52. The van der Waals surface area contributed by atoms with Gasteiger partial charge in [-0.2, -0.15) is 5.10 Å². The molecule has 0 spiro atoms. The van der Waals surface area contributed by atoms with Crippen molar-refractivity contribution in [2.45, 2.75) is 62.9 Å². The average Bonchev–Trinajstić information content (AvgIpc) is 3.42. The van der Waals surface area contributed by atoms with Crippen molar-refractivity contribution in [2.75, 3.05) is 13.6 Å². The number of carbonyl (C=O) groups excluding carboxylic acids is 2. The topological polar surface area (TPSA) is 84.3 Å². The molecule has 2 amide bonds. The van der Waals surface area contributed by atoms with Crippen LogP contribution in [0.4, 0.5) is 0 Å². The van der Waals surface area contributed by atoms with Crippen molar-refractivity contribution in [3.05, 3.63) is 28.2 Å². The highest BCUT2D eigenvalue weighted by Crippen LogP contribution is 2.38. The lowest BCUT2D eigenvalue weighted by atomic mass is 9.90. The number of nitrogens with zero attached hydrogens (tertiary/aromatic N) is 3. The van der Waals surface area contributed by atoms with Crippen LogP contribution in [0, 0.1) is 5.92 Å². The van der Waals surface area contributed by atoms with Crippen molar-refractivity contribution in [3.63, 3.8) is 0 Å². The molecule has 2 heterocycles. The molecule has 2 aliphatic carbocycles. The molecule has 140 valence electrons. The number of nitrogens with one attached hydrogen (secondary N) is 1. The maximum Gasteiger partial charge on any atom is 0.267 e. The van der Waals surface area contributed by atoms with E-state index >= 15 is 0 Å². The minimum absolute atomic E-state index is 0.0165. The van der Waals surface area contributed by atoms with Gasteiger partial charge in [0.25, 0.3) is 5.56 Å². The number of aromatic nitrogens is 2. The van der Waals surface area contributed by atoms with Gasteiger partial charge in [0.15, 0.2) is 0 Å². The van der Waals surface area contributed by atoms with Crippen LogP contribution >= 0.6 is 0 Å². The Morgan fingerprint density at radius 3 is 2.46 bits per heavy atom. The van der Waals surface area contributed by atoms with Crippen molar-refractivity contribution in [1.82, 2.24) is 20.0 Å². The number of hydrogen-bond donors (Lipinski definition) is 1. The Kier molecular flexibility index (Phi) is 4.54. The van der Waals surface area contributed by atoms with Gasteiger partial charge in [0.1, 0.15) is 0 Å². The third-order valence-corrected chi connectivity index (χ3v) is 5.94. The molecule has 26 heavy (non-hydrogen) atoms. The molecule has 1 aromatic rings. The zero-order valence-electron chi connectivity index (χ0n) is 15.2. The fraction of sp³-hybridized carbons (Fsp3) is 0.684. The van der Waals surface area contributed by atoms with Gasteiger partial charge in [-0.25, -0.2) is 4.68 Å². The van der Waals surface area contributed by atoms with Crippen LogP contribution in [0.2, 0.25) is 0 Å².